The van der Waals surface area contributed by atoms with Gasteiger partial charge in [0.1, 0.15) is 0 Å². The van der Waals surface area contributed by atoms with Gasteiger partial charge < -0.3 is 14.5 Å². The molecular formula is C22H27Cl2N3O4S. The summed E-state index contributed by atoms with van der Waals surface area (Å²) >= 11 is 6.09. The summed E-state index contributed by atoms with van der Waals surface area (Å²) in [4.78, 5) is 17.3. The minimum atomic E-state index is -3.67. The molecule has 1 amide bonds. The van der Waals surface area contributed by atoms with Crippen molar-refractivity contribution in [1.82, 2.24) is 9.21 Å². The molecule has 2 aromatic carbocycles. The normalized spacial score (nSPS) is 17.7. The van der Waals surface area contributed by atoms with Crippen molar-refractivity contribution in [3.05, 3.63) is 58.6 Å². The molecule has 2 aliphatic rings. The Bertz CT molecular complexity index is 1070. The van der Waals surface area contributed by atoms with E-state index in [9.17, 15) is 13.2 Å². The van der Waals surface area contributed by atoms with E-state index in [1.54, 1.807) is 24.0 Å². The molecule has 2 saturated heterocycles. The molecule has 4 rings (SSSR count). The first-order valence-electron chi connectivity index (χ1n) is 10.3. The Morgan fingerprint density at radius 2 is 1.66 bits per heavy atom. The van der Waals surface area contributed by atoms with Crippen molar-refractivity contribution < 1.29 is 17.9 Å². The zero-order chi connectivity index (χ0) is 22.0. The third-order valence-corrected chi connectivity index (χ3v) is 8.04. The van der Waals surface area contributed by atoms with E-state index in [1.165, 1.54) is 10.4 Å². The van der Waals surface area contributed by atoms with E-state index in [2.05, 4.69) is 4.90 Å². The highest BCUT2D eigenvalue weighted by molar-refractivity contribution is 7.89. The number of sulfonamides is 1. The van der Waals surface area contributed by atoms with Crippen molar-refractivity contribution in [3.63, 3.8) is 0 Å². The minimum absolute atomic E-state index is 0. The number of aryl methyl sites for hydroxylation is 1. The molecule has 0 radical (unpaired) electrons. The number of amides is 1. The van der Waals surface area contributed by atoms with Crippen LogP contribution in [0.2, 0.25) is 5.02 Å². The first kappa shape index (κ1) is 24.8. The first-order chi connectivity index (χ1) is 14.9. The molecule has 7 nitrogen and oxygen atoms in total. The van der Waals surface area contributed by atoms with Crippen LogP contribution in [0.5, 0.6) is 0 Å². The van der Waals surface area contributed by atoms with Gasteiger partial charge in [-0.1, -0.05) is 23.7 Å². The predicted octanol–water partition coefficient (Wildman–Crippen LogP) is 3.05. The largest absolute Gasteiger partial charge is 0.379 e. The molecule has 174 valence electrons. The van der Waals surface area contributed by atoms with Crippen LogP contribution in [0.4, 0.5) is 5.69 Å². The summed E-state index contributed by atoms with van der Waals surface area (Å²) in [6, 6.07) is 12.6. The molecule has 0 N–H and O–H groups in total. The fourth-order valence-electron chi connectivity index (χ4n) is 3.96. The van der Waals surface area contributed by atoms with Crippen molar-refractivity contribution in [2.75, 3.05) is 57.4 Å². The Balaban J connectivity index is 0.00000289. The van der Waals surface area contributed by atoms with Crippen LogP contribution in [0.1, 0.15) is 15.9 Å². The highest BCUT2D eigenvalue weighted by Crippen LogP contribution is 2.24. The zero-order valence-electron chi connectivity index (χ0n) is 17.9. The monoisotopic (exact) mass is 499 g/mol. The number of carbonyl (C=O) groups is 1. The standard InChI is InChI=1S/C22H26ClN3O4S.ClH/c1-17-5-6-18(15-21(17)31(28,29)26-11-13-30-14-12-26)22(27)25-9-7-24(8-10-25)20-4-2-3-19(23)16-20;/h2-6,15-16H,7-14H2,1H3;1H. The highest BCUT2D eigenvalue weighted by atomic mass is 35.5. The van der Waals surface area contributed by atoms with Crippen LogP contribution in [-0.2, 0) is 14.8 Å². The maximum atomic E-state index is 13.1. The maximum absolute atomic E-state index is 13.1. The molecular weight excluding hydrogens is 473 g/mol. The fourth-order valence-corrected chi connectivity index (χ4v) is 5.80. The molecule has 0 spiro atoms. The molecule has 0 aliphatic carbocycles. The molecule has 0 aromatic heterocycles. The molecule has 2 heterocycles. The fraction of sp³-hybridized carbons (Fsp3) is 0.409. The van der Waals surface area contributed by atoms with Gasteiger partial charge in [-0.05, 0) is 42.8 Å². The Kier molecular flexibility index (Phi) is 8.06. The Hall–Kier alpha value is -1.84. The number of nitrogens with zero attached hydrogens (tertiary/aromatic N) is 3. The topological polar surface area (TPSA) is 70.2 Å². The number of rotatable bonds is 4. The number of ether oxygens (including phenoxy) is 1. The smallest absolute Gasteiger partial charge is 0.254 e. The summed E-state index contributed by atoms with van der Waals surface area (Å²) in [5.74, 6) is -0.149. The van der Waals surface area contributed by atoms with E-state index in [0.717, 1.165) is 5.69 Å². The Morgan fingerprint density at radius 1 is 0.969 bits per heavy atom. The molecule has 0 unspecified atom stereocenters. The van der Waals surface area contributed by atoms with Gasteiger partial charge in [0.2, 0.25) is 10.0 Å². The summed E-state index contributed by atoms with van der Waals surface area (Å²) in [7, 11) is -3.67. The van der Waals surface area contributed by atoms with Gasteiger partial charge >= 0.3 is 0 Å². The van der Waals surface area contributed by atoms with Crippen molar-refractivity contribution in [3.8, 4) is 0 Å². The number of morpholine rings is 1. The lowest BCUT2D eigenvalue weighted by Crippen LogP contribution is -2.48. The lowest BCUT2D eigenvalue weighted by Gasteiger charge is -2.36. The molecule has 32 heavy (non-hydrogen) atoms. The highest BCUT2D eigenvalue weighted by Gasteiger charge is 2.29. The SMILES string of the molecule is Cc1ccc(C(=O)N2CCN(c3cccc(Cl)c3)CC2)cc1S(=O)(=O)N1CCOCC1.Cl. The number of piperazine rings is 1. The van der Waals surface area contributed by atoms with Gasteiger partial charge in [0, 0.05) is 55.5 Å². The summed E-state index contributed by atoms with van der Waals surface area (Å²) in [6.45, 7) is 5.67. The number of benzene rings is 2. The summed E-state index contributed by atoms with van der Waals surface area (Å²) in [5, 5.41) is 0.685. The van der Waals surface area contributed by atoms with Gasteiger partial charge in [-0.3, -0.25) is 4.79 Å². The zero-order valence-corrected chi connectivity index (χ0v) is 20.3. The summed E-state index contributed by atoms with van der Waals surface area (Å²) in [5.41, 5.74) is 2.07. The molecule has 2 fully saturated rings. The van der Waals surface area contributed by atoms with Crippen molar-refractivity contribution in [1.29, 1.82) is 0 Å². The third kappa shape index (κ3) is 5.21. The summed E-state index contributed by atoms with van der Waals surface area (Å²) < 4.78 is 32.9. The number of carbonyl (C=O) groups excluding carboxylic acids is 1. The molecule has 10 heteroatoms. The molecule has 0 bridgehead atoms. The predicted molar refractivity (Wildman–Crippen MR) is 128 cm³/mol. The van der Waals surface area contributed by atoms with Gasteiger partial charge in [0.05, 0.1) is 18.1 Å². The first-order valence-corrected chi connectivity index (χ1v) is 12.2. The van der Waals surface area contributed by atoms with Gasteiger partial charge in [-0.2, -0.15) is 4.31 Å². The second kappa shape index (κ2) is 10.4. The van der Waals surface area contributed by atoms with E-state index in [4.69, 9.17) is 16.3 Å². The molecule has 0 saturated carbocycles. The van der Waals surface area contributed by atoms with Crippen LogP contribution < -0.4 is 4.90 Å². The molecule has 2 aliphatic heterocycles. The van der Waals surface area contributed by atoms with E-state index in [1.807, 2.05) is 24.3 Å². The Morgan fingerprint density at radius 3 is 2.31 bits per heavy atom. The molecule has 0 atom stereocenters. The van der Waals surface area contributed by atoms with Gasteiger partial charge in [-0.25, -0.2) is 8.42 Å². The number of hydrogen-bond acceptors (Lipinski definition) is 5. The second-order valence-corrected chi connectivity index (χ2v) is 10.1. The number of halogens is 2. The summed E-state index contributed by atoms with van der Waals surface area (Å²) in [6.07, 6.45) is 0. The average molecular weight is 500 g/mol. The quantitative estimate of drug-likeness (QED) is 0.646. The van der Waals surface area contributed by atoms with Crippen LogP contribution in [0.3, 0.4) is 0 Å². The van der Waals surface area contributed by atoms with Gasteiger partial charge in [0.25, 0.3) is 5.91 Å². The van der Waals surface area contributed by atoms with E-state index < -0.39 is 10.0 Å². The lowest BCUT2D eigenvalue weighted by atomic mass is 10.1. The minimum Gasteiger partial charge on any atom is -0.379 e. The Labute approximate surface area is 200 Å². The van der Waals surface area contributed by atoms with Crippen molar-refractivity contribution in [2.45, 2.75) is 11.8 Å². The van der Waals surface area contributed by atoms with Crippen molar-refractivity contribution >= 4 is 45.6 Å². The maximum Gasteiger partial charge on any atom is 0.254 e. The molecule has 2 aromatic rings. The van der Waals surface area contributed by atoms with E-state index in [0.29, 0.717) is 68.6 Å². The third-order valence-electron chi connectivity index (χ3n) is 5.76. The number of hydrogen-bond donors (Lipinski definition) is 0. The van der Waals surface area contributed by atoms with Crippen LogP contribution in [0, 0.1) is 6.92 Å². The van der Waals surface area contributed by atoms with Gasteiger partial charge in [0.15, 0.2) is 0 Å². The number of anilines is 1. The van der Waals surface area contributed by atoms with Crippen LogP contribution in [-0.4, -0.2) is 76.0 Å². The van der Waals surface area contributed by atoms with E-state index in [-0.39, 0.29) is 23.2 Å². The lowest BCUT2D eigenvalue weighted by molar-refractivity contribution is 0.0729. The van der Waals surface area contributed by atoms with E-state index >= 15 is 0 Å². The van der Waals surface area contributed by atoms with Gasteiger partial charge in [-0.15, -0.1) is 12.4 Å². The van der Waals surface area contributed by atoms with Crippen molar-refractivity contribution in [2.24, 2.45) is 0 Å². The van der Waals surface area contributed by atoms with Crippen LogP contribution in [0.25, 0.3) is 0 Å². The second-order valence-electron chi connectivity index (χ2n) is 7.76. The average Bonchev–Trinajstić information content (AvgIpc) is 2.79. The van der Waals surface area contributed by atoms with Crippen LogP contribution >= 0.6 is 24.0 Å². The van der Waals surface area contributed by atoms with Crippen LogP contribution in [0.15, 0.2) is 47.4 Å².